The van der Waals surface area contributed by atoms with E-state index in [-0.39, 0.29) is 5.92 Å². The second kappa shape index (κ2) is 7.60. The number of hydrogen-bond acceptors (Lipinski definition) is 5. The highest BCUT2D eigenvalue weighted by molar-refractivity contribution is 6.15. The Kier molecular flexibility index (Phi) is 5.26. The van der Waals surface area contributed by atoms with Crippen LogP contribution >= 0.6 is 0 Å². The van der Waals surface area contributed by atoms with Crippen LogP contribution in [0.15, 0.2) is 46.6 Å². The van der Waals surface area contributed by atoms with E-state index in [9.17, 15) is 0 Å². The average molecular weight is 352 g/mol. The van der Waals surface area contributed by atoms with E-state index in [4.69, 9.17) is 14.2 Å². The van der Waals surface area contributed by atoms with E-state index in [1.54, 1.807) is 21.3 Å². The average Bonchev–Trinajstić information content (AvgIpc) is 2.82. The number of fused-ring (bicyclic) bond motifs is 1. The van der Waals surface area contributed by atoms with E-state index in [1.165, 1.54) is 5.56 Å². The third-order valence-electron chi connectivity index (χ3n) is 4.77. The van der Waals surface area contributed by atoms with Crippen molar-refractivity contribution in [2.45, 2.75) is 26.2 Å². The van der Waals surface area contributed by atoms with Gasteiger partial charge in [0, 0.05) is 22.8 Å². The van der Waals surface area contributed by atoms with Gasteiger partial charge in [-0.3, -0.25) is 0 Å². The Balaban J connectivity index is 2.19. The number of hydrogen-bond donors (Lipinski definition) is 0. The van der Waals surface area contributed by atoms with Crippen LogP contribution in [0.3, 0.4) is 0 Å². The number of methoxy groups -OCH3 is 3. The SMILES string of the molecule is CCC1C(C)=NN=C(c2ccc(OC)c(OC)c2)c2ccc(OC)cc21. The first-order chi connectivity index (χ1) is 12.6. The maximum atomic E-state index is 5.45. The summed E-state index contributed by atoms with van der Waals surface area (Å²) in [5.41, 5.74) is 4.99. The highest BCUT2D eigenvalue weighted by Gasteiger charge is 2.24. The summed E-state index contributed by atoms with van der Waals surface area (Å²) in [6.45, 7) is 4.19. The van der Waals surface area contributed by atoms with Crippen LogP contribution in [0.2, 0.25) is 0 Å². The normalized spacial score (nSPS) is 16.1. The number of nitrogens with zero attached hydrogens (tertiary/aromatic N) is 2. The van der Waals surface area contributed by atoms with Gasteiger partial charge in [-0.15, -0.1) is 5.10 Å². The first-order valence-corrected chi connectivity index (χ1v) is 8.65. The lowest BCUT2D eigenvalue weighted by molar-refractivity contribution is 0.355. The molecule has 0 saturated heterocycles. The van der Waals surface area contributed by atoms with Gasteiger partial charge >= 0.3 is 0 Å². The second-order valence-corrected chi connectivity index (χ2v) is 6.17. The van der Waals surface area contributed by atoms with E-state index in [0.717, 1.165) is 34.7 Å². The van der Waals surface area contributed by atoms with Crippen molar-refractivity contribution in [3.05, 3.63) is 53.1 Å². The molecule has 0 fully saturated rings. The predicted molar refractivity (Wildman–Crippen MR) is 104 cm³/mol. The van der Waals surface area contributed by atoms with Crippen LogP contribution in [0.4, 0.5) is 0 Å². The topological polar surface area (TPSA) is 52.4 Å². The zero-order chi connectivity index (χ0) is 18.7. The van der Waals surface area contributed by atoms with Crippen LogP contribution in [0.1, 0.15) is 42.9 Å². The van der Waals surface area contributed by atoms with Gasteiger partial charge in [-0.25, -0.2) is 0 Å². The Bertz CT molecular complexity index is 872. The lowest BCUT2D eigenvalue weighted by atomic mass is 9.86. The highest BCUT2D eigenvalue weighted by atomic mass is 16.5. The van der Waals surface area contributed by atoms with Gasteiger partial charge in [0.15, 0.2) is 11.5 Å². The summed E-state index contributed by atoms with van der Waals surface area (Å²) < 4.78 is 16.2. The summed E-state index contributed by atoms with van der Waals surface area (Å²) in [6, 6.07) is 11.9. The summed E-state index contributed by atoms with van der Waals surface area (Å²) in [5.74, 6) is 2.40. The molecule has 1 atom stereocenters. The summed E-state index contributed by atoms with van der Waals surface area (Å²) in [7, 11) is 4.94. The lowest BCUT2D eigenvalue weighted by Crippen LogP contribution is -2.12. The van der Waals surface area contributed by atoms with Crippen LogP contribution in [0, 0.1) is 0 Å². The van der Waals surface area contributed by atoms with E-state index < -0.39 is 0 Å². The minimum atomic E-state index is 0.210. The fraction of sp³-hybridized carbons (Fsp3) is 0.333. The molecule has 0 aromatic heterocycles. The molecule has 0 aliphatic carbocycles. The lowest BCUT2D eigenvalue weighted by Gasteiger charge is -2.18. The Labute approximate surface area is 154 Å². The van der Waals surface area contributed by atoms with Gasteiger partial charge in [0.05, 0.1) is 21.3 Å². The quantitative estimate of drug-likeness (QED) is 0.800. The first kappa shape index (κ1) is 18.0. The Morgan fingerprint density at radius 3 is 2.31 bits per heavy atom. The fourth-order valence-electron chi connectivity index (χ4n) is 3.36. The van der Waals surface area contributed by atoms with Gasteiger partial charge in [0.25, 0.3) is 0 Å². The summed E-state index contributed by atoms with van der Waals surface area (Å²) in [4.78, 5) is 0. The Morgan fingerprint density at radius 1 is 0.885 bits per heavy atom. The Morgan fingerprint density at radius 2 is 1.65 bits per heavy atom. The van der Waals surface area contributed by atoms with Gasteiger partial charge in [-0.05, 0) is 55.3 Å². The molecule has 136 valence electrons. The van der Waals surface area contributed by atoms with Crippen molar-refractivity contribution in [3.8, 4) is 17.2 Å². The first-order valence-electron chi connectivity index (χ1n) is 8.65. The van der Waals surface area contributed by atoms with Crippen molar-refractivity contribution in [3.63, 3.8) is 0 Å². The Hall–Kier alpha value is -2.82. The zero-order valence-electron chi connectivity index (χ0n) is 15.9. The summed E-state index contributed by atoms with van der Waals surface area (Å²) in [5, 5.41) is 9.06. The van der Waals surface area contributed by atoms with Crippen LogP contribution in [0.25, 0.3) is 0 Å². The molecule has 1 aliphatic heterocycles. The van der Waals surface area contributed by atoms with Crippen molar-refractivity contribution in [1.82, 2.24) is 0 Å². The molecule has 0 radical (unpaired) electrons. The van der Waals surface area contributed by atoms with Crippen molar-refractivity contribution < 1.29 is 14.2 Å². The molecule has 2 aromatic rings. The minimum Gasteiger partial charge on any atom is -0.497 e. The maximum absolute atomic E-state index is 5.45. The van der Waals surface area contributed by atoms with E-state index in [1.807, 2.05) is 31.2 Å². The predicted octanol–water partition coefficient (Wildman–Crippen LogP) is 4.43. The van der Waals surface area contributed by atoms with Crippen LogP contribution in [-0.2, 0) is 0 Å². The van der Waals surface area contributed by atoms with E-state index in [2.05, 4.69) is 29.3 Å². The van der Waals surface area contributed by atoms with Crippen LogP contribution in [0.5, 0.6) is 17.2 Å². The molecule has 2 aromatic carbocycles. The van der Waals surface area contributed by atoms with Crippen molar-refractivity contribution in [1.29, 1.82) is 0 Å². The highest BCUT2D eigenvalue weighted by Crippen LogP contribution is 2.34. The third-order valence-corrected chi connectivity index (χ3v) is 4.77. The van der Waals surface area contributed by atoms with Crippen molar-refractivity contribution >= 4 is 11.4 Å². The van der Waals surface area contributed by atoms with E-state index in [0.29, 0.717) is 11.5 Å². The molecular weight excluding hydrogens is 328 g/mol. The molecule has 5 nitrogen and oxygen atoms in total. The summed E-state index contributed by atoms with van der Waals surface area (Å²) in [6.07, 6.45) is 0.949. The fourth-order valence-corrected chi connectivity index (χ4v) is 3.36. The minimum absolute atomic E-state index is 0.210. The second-order valence-electron chi connectivity index (χ2n) is 6.17. The molecule has 5 heteroatoms. The van der Waals surface area contributed by atoms with Gasteiger partial charge in [-0.2, -0.15) is 5.10 Å². The van der Waals surface area contributed by atoms with Gasteiger partial charge in [-0.1, -0.05) is 6.92 Å². The van der Waals surface area contributed by atoms with Crippen molar-refractivity contribution in [2.24, 2.45) is 10.2 Å². The molecule has 0 bridgehead atoms. The van der Waals surface area contributed by atoms with Crippen LogP contribution in [-0.4, -0.2) is 32.8 Å². The zero-order valence-corrected chi connectivity index (χ0v) is 15.9. The summed E-state index contributed by atoms with van der Waals surface area (Å²) >= 11 is 0. The molecule has 1 unspecified atom stereocenters. The monoisotopic (exact) mass is 352 g/mol. The molecule has 26 heavy (non-hydrogen) atoms. The molecular formula is C21H24N2O3. The van der Waals surface area contributed by atoms with E-state index >= 15 is 0 Å². The molecule has 0 N–H and O–H groups in total. The molecule has 3 rings (SSSR count). The van der Waals surface area contributed by atoms with Gasteiger partial charge in [0.2, 0.25) is 0 Å². The van der Waals surface area contributed by atoms with Crippen LogP contribution < -0.4 is 14.2 Å². The molecule has 0 saturated carbocycles. The third kappa shape index (κ3) is 3.17. The molecule has 0 spiro atoms. The van der Waals surface area contributed by atoms with Crippen molar-refractivity contribution in [2.75, 3.05) is 21.3 Å². The molecule has 1 aliphatic rings. The number of benzene rings is 2. The van der Waals surface area contributed by atoms with Gasteiger partial charge < -0.3 is 14.2 Å². The molecule has 1 heterocycles. The number of ether oxygens (including phenoxy) is 3. The maximum Gasteiger partial charge on any atom is 0.161 e. The van der Waals surface area contributed by atoms with Gasteiger partial charge in [0.1, 0.15) is 11.5 Å². The standard InChI is InChI=1S/C21H24N2O3/c1-6-16-13(2)22-23-21(17-9-8-15(24-3)12-18(16)17)14-7-10-19(25-4)20(11-14)26-5/h7-12,16H,6H2,1-5H3. The largest absolute Gasteiger partial charge is 0.497 e. The molecule has 0 amide bonds. The number of rotatable bonds is 5. The smallest absolute Gasteiger partial charge is 0.161 e.